The molecular formula is C22H27FN2O5S2. The number of halogens is 1. The molecule has 174 valence electrons. The fourth-order valence-corrected chi connectivity index (χ4v) is 6.95. The molecule has 1 aliphatic rings. The van der Waals surface area contributed by atoms with Gasteiger partial charge in [-0.3, -0.25) is 9.52 Å². The molecule has 0 unspecified atom stereocenters. The Hall–Kier alpha value is -2.46. The lowest BCUT2D eigenvalue weighted by molar-refractivity contribution is 0.0725. The number of piperidine rings is 1. The monoisotopic (exact) mass is 482 g/mol. The van der Waals surface area contributed by atoms with E-state index in [-0.39, 0.29) is 28.2 Å². The minimum atomic E-state index is -3.96. The first-order valence-electron chi connectivity index (χ1n) is 10.4. The molecule has 0 radical (unpaired) electrons. The van der Waals surface area contributed by atoms with E-state index < -0.39 is 30.9 Å². The van der Waals surface area contributed by atoms with Crippen molar-refractivity contribution < 1.29 is 26.0 Å². The minimum Gasteiger partial charge on any atom is -0.339 e. The largest absolute Gasteiger partial charge is 0.339 e. The van der Waals surface area contributed by atoms with Crippen LogP contribution in [-0.2, 0) is 19.9 Å². The van der Waals surface area contributed by atoms with Crippen LogP contribution in [0.4, 0.5) is 10.1 Å². The van der Waals surface area contributed by atoms with Crippen molar-refractivity contribution in [2.75, 3.05) is 23.6 Å². The van der Waals surface area contributed by atoms with Crippen molar-refractivity contribution in [3.8, 4) is 0 Å². The molecule has 32 heavy (non-hydrogen) atoms. The number of benzene rings is 2. The van der Waals surface area contributed by atoms with Crippen LogP contribution in [-0.4, -0.2) is 51.7 Å². The molecule has 0 atom stereocenters. The Bertz CT molecular complexity index is 1170. The average Bonchev–Trinajstić information content (AvgIpc) is 2.73. The summed E-state index contributed by atoms with van der Waals surface area (Å²) in [7, 11) is -7.13. The number of nitrogens with one attached hydrogen (secondary N) is 1. The Kier molecular flexibility index (Phi) is 7.24. The van der Waals surface area contributed by atoms with E-state index in [1.807, 2.05) is 13.8 Å². The van der Waals surface area contributed by atoms with Crippen molar-refractivity contribution in [2.45, 2.75) is 36.8 Å². The van der Waals surface area contributed by atoms with Crippen molar-refractivity contribution in [3.05, 3.63) is 59.9 Å². The fraction of sp³-hybridized carbons (Fsp3) is 0.409. The fourth-order valence-electron chi connectivity index (χ4n) is 3.73. The molecule has 0 spiro atoms. The number of rotatable bonds is 7. The molecule has 3 rings (SSSR count). The number of sulfone groups is 1. The SMILES string of the molecule is CC(C)CS(=O)(=O)C1CCN(C(=O)c2ccc(NS(=O)(=O)c3cccc(F)c3)cc2)CC1. The summed E-state index contributed by atoms with van der Waals surface area (Å²) in [5.41, 5.74) is 0.617. The molecule has 2 aromatic rings. The molecule has 7 nitrogen and oxygen atoms in total. The van der Waals surface area contributed by atoms with Gasteiger partial charge < -0.3 is 4.90 Å². The van der Waals surface area contributed by atoms with Gasteiger partial charge in [0.15, 0.2) is 9.84 Å². The maximum atomic E-state index is 13.3. The highest BCUT2D eigenvalue weighted by Crippen LogP contribution is 2.23. The lowest BCUT2D eigenvalue weighted by Crippen LogP contribution is -2.43. The lowest BCUT2D eigenvalue weighted by Gasteiger charge is -2.32. The number of anilines is 1. The normalized spacial score (nSPS) is 15.7. The highest BCUT2D eigenvalue weighted by atomic mass is 32.2. The van der Waals surface area contributed by atoms with Gasteiger partial charge in [-0.05, 0) is 61.2 Å². The quantitative estimate of drug-likeness (QED) is 0.653. The van der Waals surface area contributed by atoms with E-state index >= 15 is 0 Å². The van der Waals surface area contributed by atoms with E-state index in [0.29, 0.717) is 31.5 Å². The molecule has 1 N–H and O–H groups in total. The van der Waals surface area contributed by atoms with Gasteiger partial charge in [0.2, 0.25) is 0 Å². The summed E-state index contributed by atoms with van der Waals surface area (Å²) in [6.45, 7) is 4.46. The third-order valence-electron chi connectivity index (χ3n) is 5.29. The number of amides is 1. The average molecular weight is 483 g/mol. The number of hydrogen-bond donors (Lipinski definition) is 1. The van der Waals surface area contributed by atoms with Gasteiger partial charge in [0.25, 0.3) is 15.9 Å². The van der Waals surface area contributed by atoms with Crippen LogP contribution in [0.25, 0.3) is 0 Å². The predicted octanol–water partition coefficient (Wildman–Crippen LogP) is 3.30. The first-order chi connectivity index (χ1) is 15.0. The highest BCUT2D eigenvalue weighted by molar-refractivity contribution is 7.92. The van der Waals surface area contributed by atoms with Crippen molar-refractivity contribution >= 4 is 31.5 Å². The Balaban J connectivity index is 1.62. The summed E-state index contributed by atoms with van der Waals surface area (Å²) in [4.78, 5) is 14.2. The van der Waals surface area contributed by atoms with Crippen LogP contribution in [0.15, 0.2) is 53.4 Å². The second-order valence-electron chi connectivity index (χ2n) is 8.36. The maximum absolute atomic E-state index is 13.3. The molecular weight excluding hydrogens is 455 g/mol. The number of nitrogens with zero attached hydrogens (tertiary/aromatic N) is 1. The predicted molar refractivity (Wildman–Crippen MR) is 121 cm³/mol. The standard InChI is InChI=1S/C22H27FN2O5S2/c1-16(2)15-31(27,28)20-10-12-25(13-11-20)22(26)17-6-8-19(9-7-17)24-32(29,30)21-5-3-4-18(23)14-21/h3-9,14,16,20,24H,10-13,15H2,1-2H3. The van der Waals surface area contributed by atoms with Gasteiger partial charge in [-0.15, -0.1) is 0 Å². The molecule has 2 aromatic carbocycles. The topological polar surface area (TPSA) is 101 Å². The van der Waals surface area contributed by atoms with Gasteiger partial charge in [-0.25, -0.2) is 21.2 Å². The zero-order valence-electron chi connectivity index (χ0n) is 18.0. The van der Waals surface area contributed by atoms with Crippen LogP contribution in [0, 0.1) is 11.7 Å². The summed E-state index contributed by atoms with van der Waals surface area (Å²) in [6, 6.07) is 10.6. The third-order valence-corrected chi connectivity index (χ3v) is 9.29. The third kappa shape index (κ3) is 5.86. The van der Waals surface area contributed by atoms with Crippen molar-refractivity contribution in [3.63, 3.8) is 0 Å². The molecule has 1 amide bonds. The van der Waals surface area contributed by atoms with Gasteiger partial charge in [0.05, 0.1) is 15.9 Å². The van der Waals surface area contributed by atoms with Crippen LogP contribution in [0.5, 0.6) is 0 Å². The van der Waals surface area contributed by atoms with Gasteiger partial charge in [-0.1, -0.05) is 19.9 Å². The van der Waals surface area contributed by atoms with E-state index in [0.717, 1.165) is 12.1 Å². The van der Waals surface area contributed by atoms with Crippen molar-refractivity contribution in [1.29, 1.82) is 0 Å². The van der Waals surface area contributed by atoms with E-state index in [4.69, 9.17) is 0 Å². The molecule has 1 saturated heterocycles. The Morgan fingerprint density at radius 3 is 2.25 bits per heavy atom. The summed E-state index contributed by atoms with van der Waals surface area (Å²) < 4.78 is 65.4. The smallest absolute Gasteiger partial charge is 0.261 e. The Morgan fingerprint density at radius 1 is 1.06 bits per heavy atom. The molecule has 1 heterocycles. The first-order valence-corrected chi connectivity index (χ1v) is 13.6. The lowest BCUT2D eigenvalue weighted by atomic mass is 10.1. The zero-order chi connectivity index (χ0) is 23.5. The van der Waals surface area contributed by atoms with E-state index in [2.05, 4.69) is 4.72 Å². The Labute approximate surface area is 188 Å². The van der Waals surface area contributed by atoms with Crippen LogP contribution in [0.1, 0.15) is 37.0 Å². The second kappa shape index (κ2) is 9.58. The summed E-state index contributed by atoms with van der Waals surface area (Å²) in [6.07, 6.45) is 0.818. The Morgan fingerprint density at radius 2 is 1.69 bits per heavy atom. The number of carbonyl (C=O) groups is 1. The molecule has 0 bridgehead atoms. The maximum Gasteiger partial charge on any atom is 0.261 e. The minimum absolute atomic E-state index is 0.0662. The molecule has 10 heteroatoms. The van der Waals surface area contributed by atoms with Crippen LogP contribution < -0.4 is 4.72 Å². The molecule has 0 saturated carbocycles. The second-order valence-corrected chi connectivity index (χ2v) is 12.4. The number of sulfonamides is 1. The van der Waals surface area contributed by atoms with Crippen molar-refractivity contribution in [1.82, 2.24) is 4.90 Å². The van der Waals surface area contributed by atoms with Crippen LogP contribution >= 0.6 is 0 Å². The summed E-state index contributed by atoms with van der Waals surface area (Å²) >= 11 is 0. The first kappa shape index (κ1) is 24.2. The molecule has 1 fully saturated rings. The number of hydrogen-bond acceptors (Lipinski definition) is 5. The highest BCUT2D eigenvalue weighted by Gasteiger charge is 2.32. The van der Waals surface area contributed by atoms with Gasteiger partial charge >= 0.3 is 0 Å². The van der Waals surface area contributed by atoms with E-state index in [1.165, 1.54) is 36.4 Å². The van der Waals surface area contributed by atoms with Gasteiger partial charge in [0.1, 0.15) is 5.82 Å². The van der Waals surface area contributed by atoms with E-state index in [1.54, 1.807) is 4.90 Å². The zero-order valence-corrected chi connectivity index (χ0v) is 19.6. The van der Waals surface area contributed by atoms with Crippen LogP contribution in [0.2, 0.25) is 0 Å². The summed E-state index contributed by atoms with van der Waals surface area (Å²) in [5.74, 6) is -0.672. The van der Waals surface area contributed by atoms with Gasteiger partial charge in [-0.2, -0.15) is 0 Å². The van der Waals surface area contributed by atoms with Crippen LogP contribution in [0.3, 0.4) is 0 Å². The molecule has 0 aliphatic carbocycles. The molecule has 1 aliphatic heterocycles. The van der Waals surface area contributed by atoms with E-state index in [9.17, 15) is 26.0 Å². The number of carbonyl (C=O) groups excluding carboxylic acids is 1. The van der Waals surface area contributed by atoms with Gasteiger partial charge in [0, 0.05) is 24.3 Å². The summed E-state index contributed by atoms with van der Waals surface area (Å²) in [5, 5.41) is -0.423. The molecule has 0 aromatic heterocycles. The van der Waals surface area contributed by atoms with Crippen molar-refractivity contribution in [2.24, 2.45) is 5.92 Å². The number of likely N-dealkylation sites (tertiary alicyclic amines) is 1.